The van der Waals surface area contributed by atoms with Gasteiger partial charge in [0.1, 0.15) is 0 Å². The van der Waals surface area contributed by atoms with Crippen LogP contribution in [0.5, 0.6) is 5.75 Å². The zero-order valence-electron chi connectivity index (χ0n) is 10.9. The lowest BCUT2D eigenvalue weighted by atomic mass is 10.1. The van der Waals surface area contributed by atoms with Gasteiger partial charge < -0.3 is 10.5 Å². The van der Waals surface area contributed by atoms with Gasteiger partial charge in [-0.2, -0.15) is 5.10 Å². The van der Waals surface area contributed by atoms with Gasteiger partial charge >= 0.3 is 0 Å². The molecular weight excluding hydrogens is 248 g/mol. The molecule has 2 N–H and O–H groups in total. The molecule has 0 fully saturated rings. The highest BCUT2D eigenvalue weighted by Gasteiger charge is 2.19. The maximum Gasteiger partial charge on any atom is 0.161 e. The van der Waals surface area contributed by atoms with E-state index in [9.17, 15) is 0 Å². The molecule has 2 aromatic rings. The summed E-state index contributed by atoms with van der Waals surface area (Å²) in [6.45, 7) is 4.81. The molecule has 6 heteroatoms. The van der Waals surface area contributed by atoms with Crippen LogP contribution in [0.25, 0.3) is 0 Å². The van der Waals surface area contributed by atoms with E-state index < -0.39 is 0 Å². The largest absolute Gasteiger partial charge is 0.493 e. The van der Waals surface area contributed by atoms with Crippen LogP contribution in [-0.2, 0) is 13.0 Å². The molecule has 5 nitrogen and oxygen atoms in total. The Morgan fingerprint density at radius 1 is 1.56 bits per heavy atom. The van der Waals surface area contributed by atoms with Crippen molar-refractivity contribution in [3.63, 3.8) is 0 Å². The van der Waals surface area contributed by atoms with Crippen LogP contribution >= 0.6 is 11.3 Å². The fourth-order valence-electron chi connectivity index (χ4n) is 1.94. The summed E-state index contributed by atoms with van der Waals surface area (Å²) in [5.41, 5.74) is 8.24. The Hall–Kier alpha value is -1.40. The van der Waals surface area contributed by atoms with Crippen molar-refractivity contribution in [2.75, 3.05) is 7.11 Å². The van der Waals surface area contributed by atoms with Crippen molar-refractivity contribution < 1.29 is 4.74 Å². The quantitative estimate of drug-likeness (QED) is 0.898. The average Bonchev–Trinajstić information content (AvgIpc) is 2.94. The number of rotatable bonds is 5. The predicted octanol–water partition coefficient (Wildman–Crippen LogP) is 1.92. The molecule has 0 amide bonds. The van der Waals surface area contributed by atoms with Crippen LogP contribution in [0.4, 0.5) is 0 Å². The molecule has 0 aliphatic carbocycles. The van der Waals surface area contributed by atoms with Gasteiger partial charge in [0.15, 0.2) is 5.75 Å². The molecule has 0 saturated heterocycles. The Kier molecular flexibility index (Phi) is 3.98. The van der Waals surface area contributed by atoms with Crippen molar-refractivity contribution in [1.29, 1.82) is 0 Å². The van der Waals surface area contributed by atoms with E-state index in [2.05, 4.69) is 10.1 Å². The minimum absolute atomic E-state index is 0.145. The van der Waals surface area contributed by atoms with E-state index in [1.165, 1.54) is 0 Å². The summed E-state index contributed by atoms with van der Waals surface area (Å²) >= 11 is 1.64. The molecule has 0 aromatic carbocycles. The van der Waals surface area contributed by atoms with Crippen LogP contribution in [0.15, 0.2) is 11.6 Å². The molecule has 0 bridgehead atoms. The molecule has 0 radical (unpaired) electrons. The predicted molar refractivity (Wildman–Crippen MR) is 71.9 cm³/mol. The second-order valence-electron chi connectivity index (χ2n) is 4.11. The zero-order chi connectivity index (χ0) is 13.1. The fourth-order valence-corrected chi connectivity index (χ4v) is 2.77. The molecule has 2 heterocycles. The average molecular weight is 266 g/mol. The summed E-state index contributed by atoms with van der Waals surface area (Å²) < 4.78 is 7.19. The Balaban J connectivity index is 2.22. The molecule has 1 atom stereocenters. The minimum atomic E-state index is -0.145. The normalized spacial score (nSPS) is 12.7. The van der Waals surface area contributed by atoms with E-state index in [1.807, 2.05) is 23.9 Å². The number of hydrogen-bond donors (Lipinski definition) is 1. The van der Waals surface area contributed by atoms with Gasteiger partial charge in [-0.1, -0.05) is 0 Å². The van der Waals surface area contributed by atoms with Gasteiger partial charge in [-0.3, -0.25) is 4.68 Å². The molecule has 98 valence electrons. The molecule has 0 aliphatic rings. The van der Waals surface area contributed by atoms with Crippen LogP contribution in [0.2, 0.25) is 0 Å². The Bertz CT molecular complexity index is 498. The van der Waals surface area contributed by atoms with Crippen LogP contribution < -0.4 is 10.5 Å². The van der Waals surface area contributed by atoms with Gasteiger partial charge in [0, 0.05) is 24.0 Å². The summed E-state index contributed by atoms with van der Waals surface area (Å²) in [6, 6.07) is -0.145. The number of aryl methyl sites for hydroxylation is 2. The highest BCUT2D eigenvalue weighted by Crippen LogP contribution is 2.26. The lowest BCUT2D eigenvalue weighted by Gasteiger charge is -2.13. The maximum atomic E-state index is 6.26. The number of hydrogen-bond acceptors (Lipinski definition) is 5. The van der Waals surface area contributed by atoms with Gasteiger partial charge in [-0.25, -0.2) is 4.98 Å². The van der Waals surface area contributed by atoms with Crippen molar-refractivity contribution in [3.05, 3.63) is 28.0 Å². The van der Waals surface area contributed by atoms with Gasteiger partial charge in [0.05, 0.1) is 30.1 Å². The number of nitrogens with zero attached hydrogens (tertiary/aromatic N) is 3. The van der Waals surface area contributed by atoms with Crippen molar-refractivity contribution in [2.24, 2.45) is 5.73 Å². The number of ether oxygens (including phenoxy) is 1. The molecule has 1 unspecified atom stereocenters. The molecule has 2 aromatic heterocycles. The van der Waals surface area contributed by atoms with Crippen molar-refractivity contribution in [3.8, 4) is 5.75 Å². The lowest BCUT2D eigenvalue weighted by Crippen LogP contribution is -2.19. The second-order valence-corrected chi connectivity index (χ2v) is 5.05. The molecule has 18 heavy (non-hydrogen) atoms. The molecule has 0 spiro atoms. The summed E-state index contributed by atoms with van der Waals surface area (Å²) in [5, 5.41) is 7.35. The first-order valence-corrected chi connectivity index (χ1v) is 6.80. The van der Waals surface area contributed by atoms with E-state index in [-0.39, 0.29) is 6.04 Å². The molecule has 0 saturated carbocycles. The number of methoxy groups -OCH3 is 1. The summed E-state index contributed by atoms with van der Waals surface area (Å²) in [5.74, 6) is 0.748. The summed E-state index contributed by atoms with van der Waals surface area (Å²) in [4.78, 5) is 4.44. The first kappa shape index (κ1) is 13.0. The van der Waals surface area contributed by atoms with Crippen LogP contribution in [0.3, 0.4) is 0 Å². The number of aromatic nitrogens is 3. The molecule has 0 aliphatic heterocycles. The van der Waals surface area contributed by atoms with Gasteiger partial charge in [-0.05, 0) is 13.8 Å². The molecular formula is C12H18N4OS. The highest BCUT2D eigenvalue weighted by atomic mass is 32.1. The summed E-state index contributed by atoms with van der Waals surface area (Å²) in [6.07, 6.45) is 2.42. The number of thiazole rings is 1. The first-order valence-electron chi connectivity index (χ1n) is 5.92. The SMILES string of the molecule is CCn1ncc(OC)c1C(N)Cc1nc(C)cs1. The van der Waals surface area contributed by atoms with Crippen LogP contribution in [-0.4, -0.2) is 21.9 Å². The minimum Gasteiger partial charge on any atom is -0.493 e. The topological polar surface area (TPSA) is 66.0 Å². The maximum absolute atomic E-state index is 6.26. The third-order valence-electron chi connectivity index (χ3n) is 2.78. The van der Waals surface area contributed by atoms with E-state index in [0.717, 1.165) is 28.7 Å². The third kappa shape index (κ3) is 2.54. The highest BCUT2D eigenvalue weighted by molar-refractivity contribution is 7.09. The van der Waals surface area contributed by atoms with Crippen molar-refractivity contribution in [2.45, 2.75) is 32.9 Å². The van der Waals surface area contributed by atoms with E-state index in [0.29, 0.717) is 6.42 Å². The van der Waals surface area contributed by atoms with Gasteiger partial charge in [0.25, 0.3) is 0 Å². The van der Waals surface area contributed by atoms with E-state index in [1.54, 1.807) is 24.6 Å². The monoisotopic (exact) mass is 266 g/mol. The van der Waals surface area contributed by atoms with E-state index >= 15 is 0 Å². The van der Waals surface area contributed by atoms with Gasteiger partial charge in [0.2, 0.25) is 0 Å². The number of nitrogens with two attached hydrogens (primary N) is 1. The van der Waals surface area contributed by atoms with E-state index in [4.69, 9.17) is 10.5 Å². The van der Waals surface area contributed by atoms with Gasteiger partial charge in [-0.15, -0.1) is 11.3 Å². The van der Waals surface area contributed by atoms with Crippen molar-refractivity contribution in [1.82, 2.24) is 14.8 Å². The standard InChI is InChI=1S/C12H18N4OS/c1-4-16-12(10(17-3)6-14-16)9(13)5-11-15-8(2)7-18-11/h6-7,9H,4-5,13H2,1-3H3. The van der Waals surface area contributed by atoms with Crippen LogP contribution in [0, 0.1) is 6.92 Å². The smallest absolute Gasteiger partial charge is 0.161 e. The van der Waals surface area contributed by atoms with Crippen LogP contribution in [0.1, 0.15) is 29.4 Å². The first-order chi connectivity index (χ1) is 8.65. The Labute approximate surface area is 111 Å². The van der Waals surface area contributed by atoms with Crippen molar-refractivity contribution >= 4 is 11.3 Å². The third-order valence-corrected chi connectivity index (χ3v) is 3.77. The lowest BCUT2D eigenvalue weighted by molar-refractivity contribution is 0.401. The zero-order valence-corrected chi connectivity index (χ0v) is 11.7. The summed E-state index contributed by atoms with van der Waals surface area (Å²) in [7, 11) is 1.64. The Morgan fingerprint density at radius 3 is 2.89 bits per heavy atom. The fraction of sp³-hybridized carbons (Fsp3) is 0.500. The Morgan fingerprint density at radius 2 is 2.33 bits per heavy atom. The second kappa shape index (κ2) is 5.49. The molecule has 2 rings (SSSR count).